The average Bonchev–Trinajstić information content (AvgIpc) is 3.09. The number of para-hydroxylation sites is 1. The van der Waals surface area contributed by atoms with E-state index in [9.17, 15) is 14.4 Å². The summed E-state index contributed by atoms with van der Waals surface area (Å²) in [5.41, 5.74) is 0.744. The Balaban J connectivity index is 1.54. The van der Waals surface area contributed by atoms with Gasteiger partial charge in [-0.15, -0.1) is 11.8 Å². The van der Waals surface area contributed by atoms with Crippen molar-refractivity contribution in [3.8, 4) is 0 Å². The number of rotatable bonds is 5. The topological polar surface area (TPSA) is 94.8 Å². The second-order valence-electron chi connectivity index (χ2n) is 5.21. The molecule has 1 aromatic heterocycles. The van der Waals surface area contributed by atoms with Gasteiger partial charge in [-0.2, -0.15) is 0 Å². The highest BCUT2D eigenvalue weighted by Gasteiger charge is 2.29. The number of hydrogen-bond donors (Lipinski definition) is 1. The summed E-state index contributed by atoms with van der Waals surface area (Å²) < 4.78 is 14.9. The van der Waals surface area contributed by atoms with E-state index in [0.29, 0.717) is 5.76 Å². The third-order valence-electron chi connectivity index (χ3n) is 3.48. The summed E-state index contributed by atoms with van der Waals surface area (Å²) in [5, 5.41) is 2.22. The Hall–Kier alpha value is -2.74. The molecule has 0 aliphatic carbocycles. The number of esters is 2. The summed E-state index contributed by atoms with van der Waals surface area (Å²) in [5.74, 6) is -1.01. The first-order valence-electron chi connectivity index (χ1n) is 7.46. The number of carbonyl (C=O) groups is 3. The molecule has 7 nitrogen and oxygen atoms in total. The largest absolute Gasteiger partial charge is 0.463 e. The number of ether oxygens (including phenoxy) is 2. The highest BCUT2D eigenvalue weighted by molar-refractivity contribution is 8.01. The van der Waals surface area contributed by atoms with Gasteiger partial charge >= 0.3 is 11.9 Å². The van der Waals surface area contributed by atoms with Crippen molar-refractivity contribution in [2.24, 2.45) is 0 Å². The van der Waals surface area contributed by atoms with Gasteiger partial charge in [0.1, 0.15) is 12.4 Å². The van der Waals surface area contributed by atoms with E-state index in [-0.39, 0.29) is 24.7 Å². The Morgan fingerprint density at radius 2 is 2.04 bits per heavy atom. The number of carbonyl (C=O) groups excluding carboxylic acids is 3. The number of benzene rings is 1. The molecule has 8 heteroatoms. The van der Waals surface area contributed by atoms with Gasteiger partial charge in [-0.25, -0.2) is 4.79 Å². The Bertz CT molecular complexity index is 815. The lowest BCUT2D eigenvalue weighted by Gasteiger charge is -2.23. The van der Waals surface area contributed by atoms with Crippen LogP contribution in [0.1, 0.15) is 22.7 Å². The van der Waals surface area contributed by atoms with Crippen LogP contribution in [0.4, 0.5) is 5.69 Å². The highest BCUT2D eigenvalue weighted by atomic mass is 32.2. The van der Waals surface area contributed by atoms with Gasteiger partial charge < -0.3 is 19.2 Å². The monoisotopic (exact) mass is 361 g/mol. The predicted octanol–water partition coefficient (Wildman–Crippen LogP) is 2.61. The van der Waals surface area contributed by atoms with Crippen molar-refractivity contribution in [1.29, 1.82) is 0 Å². The van der Waals surface area contributed by atoms with Crippen molar-refractivity contribution in [2.45, 2.75) is 23.2 Å². The summed E-state index contributed by atoms with van der Waals surface area (Å²) >= 11 is 1.33. The summed E-state index contributed by atoms with van der Waals surface area (Å²) in [4.78, 5) is 36.3. The van der Waals surface area contributed by atoms with Crippen LogP contribution in [0.25, 0.3) is 0 Å². The zero-order valence-corrected chi connectivity index (χ0v) is 14.1. The average molecular weight is 361 g/mol. The fourth-order valence-corrected chi connectivity index (χ4v) is 3.35. The molecule has 1 aromatic carbocycles. The fourth-order valence-electron chi connectivity index (χ4n) is 2.25. The highest BCUT2D eigenvalue weighted by Crippen LogP contribution is 2.36. The van der Waals surface area contributed by atoms with Gasteiger partial charge in [-0.1, -0.05) is 12.1 Å². The Labute approximate surface area is 147 Å². The van der Waals surface area contributed by atoms with Crippen LogP contribution >= 0.6 is 11.8 Å². The lowest BCUT2D eigenvalue weighted by atomic mass is 10.2. The van der Waals surface area contributed by atoms with Crippen LogP contribution in [0.3, 0.4) is 0 Å². The van der Waals surface area contributed by atoms with Gasteiger partial charge in [0.25, 0.3) is 0 Å². The van der Waals surface area contributed by atoms with Crippen LogP contribution in [-0.4, -0.2) is 30.2 Å². The van der Waals surface area contributed by atoms with Gasteiger partial charge in [0.15, 0.2) is 0 Å². The van der Waals surface area contributed by atoms with E-state index >= 15 is 0 Å². The quantitative estimate of drug-likeness (QED) is 0.818. The maximum absolute atomic E-state index is 12.1. The SMILES string of the molecule is COC(=O)c1ccc(COC(=O)C[C@H]2Sc3ccccc3NC2=O)o1. The van der Waals surface area contributed by atoms with E-state index in [0.717, 1.165) is 10.6 Å². The Kier molecular flexibility index (Phi) is 5.08. The number of methoxy groups -OCH3 is 1. The lowest BCUT2D eigenvalue weighted by molar-refractivity contribution is -0.146. The first kappa shape index (κ1) is 17.1. The molecule has 2 aromatic rings. The van der Waals surface area contributed by atoms with Crippen LogP contribution in [-0.2, 0) is 25.7 Å². The van der Waals surface area contributed by atoms with Crippen molar-refractivity contribution < 1.29 is 28.3 Å². The van der Waals surface area contributed by atoms with Gasteiger partial charge in [-0.3, -0.25) is 9.59 Å². The minimum atomic E-state index is -0.605. The van der Waals surface area contributed by atoms with Crippen molar-refractivity contribution >= 4 is 35.3 Å². The van der Waals surface area contributed by atoms with E-state index in [1.54, 1.807) is 0 Å². The molecule has 25 heavy (non-hydrogen) atoms. The number of amides is 1. The standard InChI is InChI=1S/C17H15NO6S/c1-22-17(21)12-7-6-10(24-12)9-23-15(19)8-14-16(20)18-11-4-2-3-5-13(11)25-14/h2-7,14H,8-9H2,1H3,(H,18,20)/t14-/m1/s1. The molecule has 1 aliphatic rings. The zero-order chi connectivity index (χ0) is 17.8. The summed E-state index contributed by atoms with van der Waals surface area (Å²) in [6.07, 6.45) is -0.0601. The molecule has 0 unspecified atom stereocenters. The second-order valence-corrected chi connectivity index (χ2v) is 6.46. The minimum absolute atomic E-state index is 0.0346. The molecular formula is C17H15NO6S. The van der Waals surface area contributed by atoms with E-state index in [1.807, 2.05) is 24.3 Å². The van der Waals surface area contributed by atoms with E-state index < -0.39 is 17.2 Å². The van der Waals surface area contributed by atoms with E-state index in [4.69, 9.17) is 9.15 Å². The third-order valence-corrected chi connectivity index (χ3v) is 4.76. The van der Waals surface area contributed by atoms with Crippen LogP contribution in [0.15, 0.2) is 45.7 Å². The molecule has 1 atom stereocenters. The molecule has 0 bridgehead atoms. The van der Waals surface area contributed by atoms with Crippen molar-refractivity contribution in [1.82, 2.24) is 0 Å². The molecule has 1 aliphatic heterocycles. The molecular weight excluding hydrogens is 346 g/mol. The molecule has 3 rings (SSSR count). The smallest absolute Gasteiger partial charge is 0.373 e. The number of hydrogen-bond acceptors (Lipinski definition) is 7. The fraction of sp³-hybridized carbons (Fsp3) is 0.235. The lowest BCUT2D eigenvalue weighted by Crippen LogP contribution is -2.31. The summed E-state index contributed by atoms with van der Waals surface area (Å²) in [6, 6.07) is 10.4. The number of anilines is 1. The van der Waals surface area contributed by atoms with E-state index in [2.05, 4.69) is 10.1 Å². The maximum atomic E-state index is 12.1. The van der Waals surface area contributed by atoms with E-state index in [1.165, 1.54) is 31.0 Å². The molecule has 2 heterocycles. The summed E-state index contributed by atoms with van der Waals surface area (Å²) in [7, 11) is 1.25. The Morgan fingerprint density at radius 1 is 1.24 bits per heavy atom. The number of fused-ring (bicyclic) bond motifs is 1. The normalized spacial score (nSPS) is 15.9. The predicted molar refractivity (Wildman–Crippen MR) is 89.2 cm³/mol. The van der Waals surface area contributed by atoms with Gasteiger partial charge in [-0.05, 0) is 24.3 Å². The molecule has 130 valence electrons. The molecule has 0 radical (unpaired) electrons. The number of furan rings is 1. The molecule has 1 N–H and O–H groups in total. The first-order chi connectivity index (χ1) is 12.1. The maximum Gasteiger partial charge on any atom is 0.373 e. The molecule has 0 saturated carbocycles. The van der Waals surface area contributed by atoms with Crippen LogP contribution in [0, 0.1) is 0 Å². The number of nitrogens with one attached hydrogen (secondary N) is 1. The third kappa shape index (κ3) is 4.03. The van der Waals surface area contributed by atoms with Gasteiger partial charge in [0.05, 0.1) is 24.5 Å². The molecule has 0 fully saturated rings. The molecule has 0 spiro atoms. The van der Waals surface area contributed by atoms with Gasteiger partial charge in [0.2, 0.25) is 11.7 Å². The first-order valence-corrected chi connectivity index (χ1v) is 8.34. The van der Waals surface area contributed by atoms with Crippen molar-refractivity contribution in [3.05, 3.63) is 47.9 Å². The number of thioether (sulfide) groups is 1. The van der Waals surface area contributed by atoms with Crippen LogP contribution in [0.5, 0.6) is 0 Å². The van der Waals surface area contributed by atoms with Crippen LogP contribution < -0.4 is 5.32 Å². The van der Waals surface area contributed by atoms with Gasteiger partial charge in [0, 0.05) is 4.90 Å². The molecule has 0 saturated heterocycles. The minimum Gasteiger partial charge on any atom is -0.463 e. The summed E-state index contributed by atoms with van der Waals surface area (Å²) in [6.45, 7) is -0.120. The molecule has 1 amide bonds. The van der Waals surface area contributed by atoms with Crippen molar-refractivity contribution in [3.63, 3.8) is 0 Å². The van der Waals surface area contributed by atoms with Crippen molar-refractivity contribution in [2.75, 3.05) is 12.4 Å². The second kappa shape index (κ2) is 7.43. The Morgan fingerprint density at radius 3 is 2.84 bits per heavy atom. The van der Waals surface area contributed by atoms with Crippen LogP contribution in [0.2, 0.25) is 0 Å². The zero-order valence-electron chi connectivity index (χ0n) is 13.3.